The number of ether oxygens (including phenoxy) is 1. The summed E-state index contributed by atoms with van der Waals surface area (Å²) in [6.45, 7) is 1.77. The maximum Gasteiger partial charge on any atom is 0.355 e. The summed E-state index contributed by atoms with van der Waals surface area (Å²) >= 11 is 12.0. The van der Waals surface area contributed by atoms with Gasteiger partial charge in [0.2, 0.25) is 5.91 Å². The maximum absolute atomic E-state index is 13.2. The number of amides is 2. The molecule has 2 aliphatic rings. The molecule has 0 N–H and O–H groups in total. The second-order valence-electron chi connectivity index (χ2n) is 6.44. The number of carbonyl (C=O) groups is 3. The van der Waals surface area contributed by atoms with Gasteiger partial charge >= 0.3 is 5.97 Å². The third kappa shape index (κ3) is 3.26. The first-order chi connectivity index (χ1) is 13.9. The zero-order valence-electron chi connectivity index (χ0n) is 15.2. The van der Waals surface area contributed by atoms with E-state index in [-0.39, 0.29) is 12.3 Å². The molecule has 0 bridgehead atoms. The van der Waals surface area contributed by atoms with Gasteiger partial charge < -0.3 is 4.74 Å². The van der Waals surface area contributed by atoms with Crippen LogP contribution in [0.25, 0.3) is 0 Å². The Morgan fingerprint density at radius 3 is 2.41 bits per heavy atom. The molecular formula is C20H15Cl2N3O4. The SMILES string of the molecule is CCOC(=O)C1=NN(c2cccc(Cl)c2)[C@@H]2C(=O)N(c3ccc(Cl)cc3)C(=O)[C@H]12. The second-order valence-corrected chi connectivity index (χ2v) is 7.31. The number of halogens is 2. The summed E-state index contributed by atoms with van der Waals surface area (Å²) in [7, 11) is 0. The molecule has 2 aromatic rings. The van der Waals surface area contributed by atoms with E-state index in [1.807, 2.05) is 0 Å². The fourth-order valence-corrected chi connectivity index (χ4v) is 3.78. The zero-order valence-corrected chi connectivity index (χ0v) is 16.7. The fourth-order valence-electron chi connectivity index (χ4n) is 3.46. The van der Waals surface area contributed by atoms with Crippen LogP contribution in [-0.4, -0.2) is 36.1 Å². The van der Waals surface area contributed by atoms with Crippen molar-refractivity contribution in [3.63, 3.8) is 0 Å². The number of nitrogens with zero attached hydrogens (tertiary/aromatic N) is 3. The summed E-state index contributed by atoms with van der Waals surface area (Å²) < 4.78 is 5.06. The van der Waals surface area contributed by atoms with Gasteiger partial charge in [0.1, 0.15) is 12.0 Å². The van der Waals surface area contributed by atoms with Crippen LogP contribution in [0.15, 0.2) is 53.6 Å². The van der Waals surface area contributed by atoms with Crippen molar-refractivity contribution in [3.8, 4) is 0 Å². The predicted molar refractivity (Wildman–Crippen MR) is 109 cm³/mol. The summed E-state index contributed by atoms with van der Waals surface area (Å²) in [5.74, 6) is -2.84. The van der Waals surface area contributed by atoms with Crippen molar-refractivity contribution in [1.29, 1.82) is 0 Å². The standard InChI is InChI=1S/C20H15Cl2N3O4/c1-2-29-20(28)16-15-17(25(23-16)14-5-3-4-12(22)10-14)19(27)24(18(15)26)13-8-6-11(21)7-9-13/h3-10,15,17H,2H2,1H3/t15-,17+/m1/s1. The van der Waals surface area contributed by atoms with E-state index in [0.717, 1.165) is 4.90 Å². The van der Waals surface area contributed by atoms with Gasteiger partial charge in [0.25, 0.3) is 5.91 Å². The molecule has 7 nitrogen and oxygen atoms in total. The van der Waals surface area contributed by atoms with Crippen molar-refractivity contribution in [1.82, 2.24) is 0 Å². The number of hydrazone groups is 1. The van der Waals surface area contributed by atoms with Crippen molar-refractivity contribution >= 4 is 58.1 Å². The van der Waals surface area contributed by atoms with E-state index in [2.05, 4.69) is 5.10 Å². The van der Waals surface area contributed by atoms with Crippen LogP contribution in [0.3, 0.4) is 0 Å². The molecule has 0 aromatic heterocycles. The van der Waals surface area contributed by atoms with E-state index in [1.54, 1.807) is 55.5 Å². The van der Waals surface area contributed by atoms with Crippen LogP contribution in [0.1, 0.15) is 6.92 Å². The lowest BCUT2D eigenvalue weighted by Crippen LogP contribution is -2.39. The molecule has 148 valence electrons. The van der Waals surface area contributed by atoms with E-state index in [4.69, 9.17) is 27.9 Å². The number of hydrogen-bond acceptors (Lipinski definition) is 6. The number of benzene rings is 2. The quantitative estimate of drug-likeness (QED) is 0.547. The Bertz CT molecular complexity index is 1040. The number of imide groups is 1. The Morgan fingerprint density at radius 1 is 1.03 bits per heavy atom. The first-order valence-electron chi connectivity index (χ1n) is 8.86. The van der Waals surface area contributed by atoms with Crippen LogP contribution in [0.2, 0.25) is 10.0 Å². The number of esters is 1. The summed E-state index contributed by atoms with van der Waals surface area (Å²) in [5.41, 5.74) is 0.755. The Hall–Kier alpha value is -2.90. The number of carbonyl (C=O) groups excluding carboxylic acids is 3. The van der Waals surface area contributed by atoms with E-state index in [0.29, 0.717) is 21.4 Å². The highest BCUT2D eigenvalue weighted by Gasteiger charge is 2.59. The number of anilines is 2. The Balaban J connectivity index is 1.79. The Labute approximate surface area is 176 Å². The minimum Gasteiger partial charge on any atom is -0.461 e. The average Bonchev–Trinajstić information content (AvgIpc) is 3.21. The molecule has 0 radical (unpaired) electrons. The lowest BCUT2D eigenvalue weighted by molar-refractivity contribution is -0.136. The highest BCUT2D eigenvalue weighted by Crippen LogP contribution is 2.38. The summed E-state index contributed by atoms with van der Waals surface area (Å²) in [6.07, 6.45) is 0. The summed E-state index contributed by atoms with van der Waals surface area (Å²) in [6, 6.07) is 12.0. The van der Waals surface area contributed by atoms with Gasteiger partial charge in [-0.15, -0.1) is 0 Å². The Morgan fingerprint density at radius 2 is 1.76 bits per heavy atom. The van der Waals surface area contributed by atoms with Crippen LogP contribution < -0.4 is 9.91 Å². The summed E-state index contributed by atoms with van der Waals surface area (Å²) in [5, 5.41) is 6.54. The molecule has 0 unspecified atom stereocenters. The van der Waals surface area contributed by atoms with Gasteiger partial charge in [-0.25, -0.2) is 9.69 Å². The van der Waals surface area contributed by atoms with Crippen molar-refractivity contribution in [2.24, 2.45) is 11.0 Å². The largest absolute Gasteiger partial charge is 0.461 e. The van der Waals surface area contributed by atoms with Gasteiger partial charge in [0, 0.05) is 10.0 Å². The molecule has 0 spiro atoms. The molecule has 1 saturated heterocycles. The van der Waals surface area contributed by atoms with Crippen molar-refractivity contribution in [2.45, 2.75) is 13.0 Å². The fraction of sp³-hybridized carbons (Fsp3) is 0.200. The molecule has 2 amide bonds. The lowest BCUT2D eigenvalue weighted by atomic mass is 9.98. The van der Waals surface area contributed by atoms with Gasteiger partial charge in [-0.2, -0.15) is 5.10 Å². The normalized spacial score (nSPS) is 20.7. The monoisotopic (exact) mass is 431 g/mol. The number of hydrogen-bond donors (Lipinski definition) is 0. The minimum absolute atomic E-state index is 0.105. The van der Waals surface area contributed by atoms with Gasteiger partial charge in [-0.3, -0.25) is 14.6 Å². The van der Waals surface area contributed by atoms with Gasteiger partial charge in [-0.05, 0) is 49.4 Å². The van der Waals surface area contributed by atoms with Crippen LogP contribution in [-0.2, 0) is 19.1 Å². The molecule has 9 heteroatoms. The predicted octanol–water partition coefficient (Wildman–Crippen LogP) is 3.29. The molecule has 4 rings (SSSR count). The molecule has 2 aliphatic heterocycles. The number of fused-ring (bicyclic) bond motifs is 1. The van der Waals surface area contributed by atoms with Crippen molar-refractivity contribution < 1.29 is 19.1 Å². The second kappa shape index (κ2) is 7.50. The first-order valence-corrected chi connectivity index (χ1v) is 9.61. The molecule has 2 heterocycles. The Kier molecular flexibility index (Phi) is 5.02. The molecule has 2 atom stereocenters. The maximum atomic E-state index is 13.2. The highest BCUT2D eigenvalue weighted by atomic mass is 35.5. The van der Waals surface area contributed by atoms with Crippen LogP contribution >= 0.6 is 23.2 Å². The number of rotatable bonds is 4. The van der Waals surface area contributed by atoms with Crippen molar-refractivity contribution in [3.05, 3.63) is 58.6 Å². The first kappa shape index (κ1) is 19.4. The summed E-state index contributed by atoms with van der Waals surface area (Å²) in [4.78, 5) is 39.9. The molecule has 1 fully saturated rings. The molecular weight excluding hydrogens is 417 g/mol. The molecule has 0 aliphatic carbocycles. The molecule has 2 aromatic carbocycles. The van der Waals surface area contributed by atoms with Gasteiger partial charge in [0.05, 0.1) is 18.0 Å². The van der Waals surface area contributed by atoms with E-state index in [9.17, 15) is 14.4 Å². The van der Waals surface area contributed by atoms with Gasteiger partial charge in [-0.1, -0.05) is 29.3 Å². The lowest BCUT2D eigenvalue weighted by Gasteiger charge is -2.22. The molecule has 0 saturated carbocycles. The van der Waals surface area contributed by atoms with Crippen LogP contribution in [0, 0.1) is 5.92 Å². The van der Waals surface area contributed by atoms with E-state index >= 15 is 0 Å². The van der Waals surface area contributed by atoms with Gasteiger partial charge in [0.15, 0.2) is 5.71 Å². The topological polar surface area (TPSA) is 79.3 Å². The third-order valence-corrected chi connectivity index (χ3v) is 5.18. The molecule has 29 heavy (non-hydrogen) atoms. The van der Waals surface area contributed by atoms with Crippen molar-refractivity contribution in [2.75, 3.05) is 16.5 Å². The van der Waals surface area contributed by atoms with E-state index < -0.39 is 29.7 Å². The highest BCUT2D eigenvalue weighted by molar-refractivity contribution is 6.47. The van der Waals surface area contributed by atoms with Crippen LogP contribution in [0.4, 0.5) is 11.4 Å². The average molecular weight is 432 g/mol. The third-order valence-electron chi connectivity index (χ3n) is 4.69. The van der Waals surface area contributed by atoms with E-state index in [1.165, 1.54) is 5.01 Å². The zero-order chi connectivity index (χ0) is 20.7. The minimum atomic E-state index is -1.07. The smallest absolute Gasteiger partial charge is 0.355 e. The van der Waals surface area contributed by atoms with Crippen LogP contribution in [0.5, 0.6) is 0 Å².